The summed E-state index contributed by atoms with van der Waals surface area (Å²) >= 11 is 7.10. The van der Waals surface area contributed by atoms with Crippen molar-refractivity contribution in [2.75, 3.05) is 12.9 Å². The van der Waals surface area contributed by atoms with Gasteiger partial charge in [-0.1, -0.05) is 23.4 Å². The first-order chi connectivity index (χ1) is 7.04. The van der Waals surface area contributed by atoms with Gasteiger partial charge in [0, 0.05) is 0 Å². The molecule has 0 bridgehead atoms. The van der Waals surface area contributed by atoms with Gasteiger partial charge in [0.05, 0.1) is 24.3 Å². The third-order valence-corrected chi connectivity index (χ3v) is 3.10. The van der Waals surface area contributed by atoms with Gasteiger partial charge in [0.2, 0.25) is 0 Å². The van der Waals surface area contributed by atoms with E-state index in [4.69, 9.17) is 11.6 Å². The van der Waals surface area contributed by atoms with Gasteiger partial charge in [0.15, 0.2) is 5.15 Å². The number of esters is 1. The lowest BCUT2D eigenvalue weighted by Crippen LogP contribution is -2.04. The molecule has 0 N–H and O–H groups in total. The summed E-state index contributed by atoms with van der Waals surface area (Å²) in [5.74, 6) is -0.121. The molecule has 1 heterocycles. The molecule has 0 saturated heterocycles. The van der Waals surface area contributed by atoms with Crippen LogP contribution in [-0.4, -0.2) is 28.8 Å². The molecule has 0 radical (unpaired) electrons. The zero-order chi connectivity index (χ0) is 11.4. The quantitative estimate of drug-likeness (QED) is 0.603. The van der Waals surface area contributed by atoms with Crippen LogP contribution in [0.5, 0.6) is 0 Å². The number of hydrogen-bond acceptors (Lipinski definition) is 5. The normalized spacial score (nSPS) is 10.1. The molecule has 0 aliphatic rings. The number of ether oxygens (including phenoxy) is 1. The van der Waals surface area contributed by atoms with Crippen LogP contribution in [-0.2, 0) is 9.53 Å². The van der Waals surface area contributed by atoms with E-state index >= 15 is 0 Å². The lowest BCUT2D eigenvalue weighted by molar-refractivity contribution is -0.137. The van der Waals surface area contributed by atoms with Crippen LogP contribution in [0.4, 0.5) is 0 Å². The van der Waals surface area contributed by atoms with Gasteiger partial charge in [-0.3, -0.25) is 4.79 Å². The Morgan fingerprint density at radius 3 is 2.60 bits per heavy atom. The highest BCUT2D eigenvalue weighted by molar-refractivity contribution is 8.00. The van der Waals surface area contributed by atoms with Crippen LogP contribution in [0.3, 0.4) is 0 Å². The monoisotopic (exact) mass is 246 g/mol. The summed E-state index contributed by atoms with van der Waals surface area (Å²) in [6.45, 7) is 3.68. The van der Waals surface area contributed by atoms with Crippen molar-refractivity contribution < 1.29 is 9.53 Å². The fourth-order valence-corrected chi connectivity index (χ4v) is 1.90. The summed E-state index contributed by atoms with van der Waals surface area (Å²) in [6, 6.07) is 0. The molecule has 4 nitrogen and oxygen atoms in total. The fraction of sp³-hybridized carbons (Fsp3) is 0.444. The van der Waals surface area contributed by atoms with Gasteiger partial charge in [-0.15, -0.1) is 0 Å². The lowest BCUT2D eigenvalue weighted by Gasteiger charge is -2.05. The van der Waals surface area contributed by atoms with Crippen LogP contribution >= 0.6 is 23.4 Å². The Morgan fingerprint density at radius 1 is 1.40 bits per heavy atom. The Bertz CT molecular complexity index is 385. The molecule has 0 atom stereocenters. The molecule has 0 saturated carbocycles. The Labute approximate surface area is 97.4 Å². The van der Waals surface area contributed by atoms with E-state index in [1.54, 1.807) is 0 Å². The zero-order valence-electron chi connectivity index (χ0n) is 8.70. The number of nitrogens with zero attached hydrogens (tertiary/aromatic N) is 2. The third kappa shape index (κ3) is 3.35. The van der Waals surface area contributed by atoms with E-state index in [9.17, 15) is 4.79 Å². The molecule has 0 aliphatic carbocycles. The number of thioether (sulfide) groups is 1. The zero-order valence-corrected chi connectivity index (χ0v) is 10.3. The third-order valence-electron chi connectivity index (χ3n) is 1.79. The highest BCUT2D eigenvalue weighted by atomic mass is 35.5. The minimum absolute atomic E-state index is 0.188. The van der Waals surface area contributed by atoms with E-state index in [-0.39, 0.29) is 11.7 Å². The van der Waals surface area contributed by atoms with E-state index in [1.165, 1.54) is 18.9 Å². The van der Waals surface area contributed by atoms with E-state index in [1.807, 2.05) is 13.8 Å². The number of hydrogen-bond donors (Lipinski definition) is 0. The summed E-state index contributed by atoms with van der Waals surface area (Å²) in [6.07, 6.45) is 0. The molecular weight excluding hydrogens is 236 g/mol. The largest absolute Gasteiger partial charge is 0.468 e. The van der Waals surface area contributed by atoms with Crippen LogP contribution in [0.2, 0.25) is 5.15 Å². The number of halogens is 1. The molecule has 0 aliphatic heterocycles. The van der Waals surface area contributed by atoms with Gasteiger partial charge in [-0.05, 0) is 13.8 Å². The van der Waals surface area contributed by atoms with Crippen molar-refractivity contribution in [1.29, 1.82) is 0 Å². The van der Waals surface area contributed by atoms with Crippen LogP contribution in [0.15, 0.2) is 5.03 Å². The second-order valence-electron chi connectivity index (χ2n) is 2.86. The highest BCUT2D eigenvalue weighted by Crippen LogP contribution is 2.24. The van der Waals surface area contributed by atoms with Crippen molar-refractivity contribution in [1.82, 2.24) is 9.97 Å². The summed E-state index contributed by atoms with van der Waals surface area (Å²) < 4.78 is 4.51. The molecule has 1 rings (SSSR count). The maximum absolute atomic E-state index is 10.9. The molecule has 0 spiro atoms. The Kier molecular flexibility index (Phi) is 4.35. The maximum Gasteiger partial charge on any atom is 0.316 e. The number of carbonyl (C=O) groups is 1. The maximum atomic E-state index is 10.9. The first-order valence-electron chi connectivity index (χ1n) is 4.25. The van der Waals surface area contributed by atoms with Gasteiger partial charge < -0.3 is 4.74 Å². The van der Waals surface area contributed by atoms with Gasteiger partial charge in [0.1, 0.15) is 5.03 Å². The predicted octanol–water partition coefficient (Wildman–Crippen LogP) is 2.01. The second-order valence-corrected chi connectivity index (χ2v) is 4.18. The molecule has 1 aromatic heterocycles. The van der Waals surface area contributed by atoms with Crippen molar-refractivity contribution in [3.05, 3.63) is 16.5 Å². The Balaban J connectivity index is 2.77. The topological polar surface area (TPSA) is 52.1 Å². The van der Waals surface area contributed by atoms with Crippen LogP contribution in [0, 0.1) is 13.8 Å². The first-order valence-corrected chi connectivity index (χ1v) is 5.61. The van der Waals surface area contributed by atoms with Crippen molar-refractivity contribution in [2.24, 2.45) is 0 Å². The smallest absolute Gasteiger partial charge is 0.316 e. The van der Waals surface area contributed by atoms with Gasteiger partial charge in [-0.2, -0.15) is 0 Å². The highest BCUT2D eigenvalue weighted by Gasteiger charge is 2.10. The average molecular weight is 247 g/mol. The summed E-state index contributed by atoms with van der Waals surface area (Å²) in [5, 5.41) is 0.886. The molecule has 6 heteroatoms. The minimum atomic E-state index is -0.309. The molecular formula is C9H11ClN2O2S. The van der Waals surface area contributed by atoms with Crippen LogP contribution in [0.25, 0.3) is 0 Å². The summed E-state index contributed by atoms with van der Waals surface area (Å²) in [7, 11) is 1.34. The van der Waals surface area contributed by atoms with Crippen LogP contribution in [0.1, 0.15) is 11.4 Å². The number of aromatic nitrogens is 2. The second kappa shape index (κ2) is 5.32. The first kappa shape index (κ1) is 12.3. The Morgan fingerprint density at radius 2 is 2.00 bits per heavy atom. The van der Waals surface area contributed by atoms with Crippen molar-refractivity contribution in [3.8, 4) is 0 Å². The van der Waals surface area contributed by atoms with E-state index in [2.05, 4.69) is 14.7 Å². The average Bonchev–Trinajstić information content (AvgIpc) is 2.21. The number of aryl methyl sites for hydroxylation is 2. The lowest BCUT2D eigenvalue weighted by atomic mass is 10.4. The summed E-state index contributed by atoms with van der Waals surface area (Å²) in [5.41, 5.74) is 1.61. The Hall–Kier alpha value is -0.810. The van der Waals surface area contributed by atoms with E-state index in [0.717, 1.165) is 11.4 Å². The van der Waals surface area contributed by atoms with Crippen LogP contribution < -0.4 is 0 Å². The van der Waals surface area contributed by atoms with Crippen molar-refractivity contribution in [2.45, 2.75) is 18.9 Å². The molecule has 0 amide bonds. The number of rotatable bonds is 3. The minimum Gasteiger partial charge on any atom is -0.468 e. The van der Waals surface area contributed by atoms with Gasteiger partial charge in [0.25, 0.3) is 0 Å². The van der Waals surface area contributed by atoms with Crippen molar-refractivity contribution in [3.63, 3.8) is 0 Å². The van der Waals surface area contributed by atoms with Crippen molar-refractivity contribution >= 4 is 29.3 Å². The van der Waals surface area contributed by atoms with E-state index in [0.29, 0.717) is 10.2 Å². The standard InChI is InChI=1S/C9H11ClN2O2S/c1-5-6(2)12-9(8(10)11-5)15-4-7(13)14-3/h4H2,1-3H3. The number of methoxy groups -OCH3 is 1. The fourth-order valence-electron chi connectivity index (χ4n) is 0.833. The van der Waals surface area contributed by atoms with E-state index < -0.39 is 0 Å². The SMILES string of the molecule is COC(=O)CSc1nc(C)c(C)nc1Cl. The van der Waals surface area contributed by atoms with Gasteiger partial charge in [-0.25, -0.2) is 9.97 Å². The molecule has 0 unspecified atom stereocenters. The molecule has 82 valence electrons. The molecule has 0 aromatic carbocycles. The molecule has 1 aromatic rings. The molecule has 15 heavy (non-hydrogen) atoms. The predicted molar refractivity (Wildman–Crippen MR) is 59.3 cm³/mol. The van der Waals surface area contributed by atoms with Gasteiger partial charge >= 0.3 is 5.97 Å². The summed E-state index contributed by atoms with van der Waals surface area (Å²) in [4.78, 5) is 19.3. The number of carbonyl (C=O) groups excluding carboxylic acids is 1. The molecule has 0 fully saturated rings.